The van der Waals surface area contributed by atoms with Crippen LogP contribution in [0.3, 0.4) is 0 Å². The van der Waals surface area contributed by atoms with E-state index in [0.29, 0.717) is 29.1 Å². The van der Waals surface area contributed by atoms with Gasteiger partial charge in [0.25, 0.3) is 0 Å². The number of aromatic carboxylic acids is 1. The van der Waals surface area contributed by atoms with Crippen molar-refractivity contribution in [2.24, 2.45) is 0 Å². The number of ether oxygens (including phenoxy) is 1. The second-order valence-corrected chi connectivity index (χ2v) is 7.02. The number of hydrogen-bond donors (Lipinski definition) is 2. The van der Waals surface area contributed by atoms with E-state index in [1.54, 1.807) is 18.2 Å². The molecule has 0 aliphatic carbocycles. The largest absolute Gasteiger partial charge is 0.507 e. The topological polar surface area (TPSA) is 66.8 Å². The first-order valence-corrected chi connectivity index (χ1v) is 8.98. The summed E-state index contributed by atoms with van der Waals surface area (Å²) in [6.45, 7) is 3.85. The van der Waals surface area contributed by atoms with Gasteiger partial charge in [0.1, 0.15) is 22.9 Å². The Kier molecular flexibility index (Phi) is 6.69. The summed E-state index contributed by atoms with van der Waals surface area (Å²) < 4.78 is 18.4. The Morgan fingerprint density at radius 2 is 1.92 bits per heavy atom. The summed E-state index contributed by atoms with van der Waals surface area (Å²) >= 11 is 1.36. The van der Waals surface area contributed by atoms with Crippen LogP contribution in [0, 0.1) is 5.82 Å². The second kappa shape index (κ2) is 8.76. The van der Waals surface area contributed by atoms with Gasteiger partial charge in [0.2, 0.25) is 0 Å². The lowest BCUT2D eigenvalue weighted by Gasteiger charge is -2.16. The van der Waals surface area contributed by atoms with Gasteiger partial charge in [-0.1, -0.05) is 11.6 Å². The molecule has 0 unspecified atom stereocenters. The van der Waals surface area contributed by atoms with Gasteiger partial charge >= 0.3 is 5.97 Å². The van der Waals surface area contributed by atoms with E-state index in [0.717, 1.165) is 10.5 Å². The van der Waals surface area contributed by atoms with Gasteiger partial charge in [-0.2, -0.15) is 0 Å². The van der Waals surface area contributed by atoms with Crippen LogP contribution in [0.2, 0.25) is 0 Å². The van der Waals surface area contributed by atoms with Crippen molar-refractivity contribution in [1.29, 1.82) is 0 Å². The van der Waals surface area contributed by atoms with Crippen molar-refractivity contribution in [2.75, 3.05) is 7.11 Å². The van der Waals surface area contributed by atoms with Crippen molar-refractivity contribution >= 4 is 17.7 Å². The maximum Gasteiger partial charge on any atom is 0.339 e. The zero-order chi connectivity index (χ0) is 19.3. The van der Waals surface area contributed by atoms with E-state index in [4.69, 9.17) is 4.74 Å². The van der Waals surface area contributed by atoms with Crippen LogP contribution in [0.4, 0.5) is 4.39 Å². The number of allylic oxidation sites excluding steroid dienone is 2. The summed E-state index contributed by atoms with van der Waals surface area (Å²) in [5.41, 5.74) is 1.82. The van der Waals surface area contributed by atoms with Crippen LogP contribution in [0.25, 0.3) is 0 Å². The molecule has 0 radical (unpaired) electrons. The molecule has 2 aromatic carbocycles. The first-order valence-electron chi connectivity index (χ1n) is 8.00. The Hall–Kier alpha value is -2.47. The van der Waals surface area contributed by atoms with Crippen molar-refractivity contribution in [3.05, 3.63) is 64.5 Å². The van der Waals surface area contributed by atoms with E-state index in [1.807, 2.05) is 19.9 Å². The van der Waals surface area contributed by atoms with Gasteiger partial charge in [-0.05, 0) is 56.2 Å². The molecule has 0 saturated heterocycles. The monoisotopic (exact) mass is 376 g/mol. The molecule has 0 aliphatic rings. The number of hydrogen-bond acceptors (Lipinski definition) is 4. The number of methoxy groups -OCH3 is 1. The van der Waals surface area contributed by atoms with Gasteiger partial charge in [-0.3, -0.25) is 0 Å². The molecule has 0 aliphatic heterocycles. The van der Waals surface area contributed by atoms with Crippen molar-refractivity contribution in [2.45, 2.75) is 30.9 Å². The molecule has 6 heteroatoms. The van der Waals surface area contributed by atoms with Crippen LogP contribution < -0.4 is 4.74 Å². The SMILES string of the molecule is COc1cc(CSc2ccc(F)cc2)c(C(=O)O)c(O)c1CC=C(C)C. The molecule has 0 bridgehead atoms. The molecule has 4 nitrogen and oxygen atoms in total. The second-order valence-electron chi connectivity index (χ2n) is 5.97. The lowest BCUT2D eigenvalue weighted by Crippen LogP contribution is -2.06. The molecule has 138 valence electrons. The molecule has 0 atom stereocenters. The van der Waals surface area contributed by atoms with Crippen LogP contribution in [-0.4, -0.2) is 23.3 Å². The highest BCUT2D eigenvalue weighted by Crippen LogP contribution is 2.37. The number of aromatic hydroxyl groups is 1. The van der Waals surface area contributed by atoms with Gasteiger partial charge in [0, 0.05) is 16.2 Å². The Morgan fingerprint density at radius 1 is 1.27 bits per heavy atom. The average molecular weight is 376 g/mol. The number of benzene rings is 2. The summed E-state index contributed by atoms with van der Waals surface area (Å²) in [7, 11) is 1.48. The maximum atomic E-state index is 13.0. The number of carboxylic acids is 1. The molecular weight excluding hydrogens is 355 g/mol. The molecule has 0 heterocycles. The van der Waals surface area contributed by atoms with Crippen molar-refractivity contribution < 1.29 is 24.1 Å². The lowest BCUT2D eigenvalue weighted by atomic mass is 9.99. The van der Waals surface area contributed by atoms with Crippen LogP contribution in [0.1, 0.15) is 35.3 Å². The predicted molar refractivity (Wildman–Crippen MR) is 101 cm³/mol. The van der Waals surface area contributed by atoms with Crippen LogP contribution in [0.5, 0.6) is 11.5 Å². The lowest BCUT2D eigenvalue weighted by molar-refractivity contribution is 0.0692. The molecule has 0 fully saturated rings. The minimum absolute atomic E-state index is 0.127. The normalized spacial score (nSPS) is 10.5. The van der Waals surface area contributed by atoms with Crippen LogP contribution in [0.15, 0.2) is 46.9 Å². The standard InChI is InChI=1S/C20H21FO4S/c1-12(2)4-9-16-17(25-3)10-13(18(19(16)22)20(23)24)11-26-15-7-5-14(21)6-8-15/h4-8,10,22H,9,11H2,1-3H3,(H,23,24). The number of carboxylic acid groups (broad SMARTS) is 1. The summed E-state index contributed by atoms with van der Waals surface area (Å²) in [5, 5.41) is 20.1. The third-order valence-electron chi connectivity index (χ3n) is 3.80. The molecule has 2 N–H and O–H groups in total. The molecule has 0 amide bonds. The highest BCUT2D eigenvalue weighted by atomic mass is 32.2. The predicted octanol–water partition coefficient (Wildman–Crippen LogP) is 5.04. The molecule has 2 aromatic rings. The zero-order valence-electron chi connectivity index (χ0n) is 14.9. The molecule has 0 saturated carbocycles. The fourth-order valence-corrected chi connectivity index (χ4v) is 3.35. The summed E-state index contributed by atoms with van der Waals surface area (Å²) in [5.74, 6) is -1.05. The molecule has 0 aromatic heterocycles. The summed E-state index contributed by atoms with van der Waals surface area (Å²) in [6, 6.07) is 7.59. The Bertz CT molecular complexity index is 825. The first-order chi connectivity index (χ1) is 12.3. The van der Waals surface area contributed by atoms with E-state index in [1.165, 1.54) is 31.0 Å². The maximum absolute atomic E-state index is 13.0. The van der Waals surface area contributed by atoms with Gasteiger partial charge in [-0.25, -0.2) is 9.18 Å². The van der Waals surface area contributed by atoms with Crippen LogP contribution in [-0.2, 0) is 12.2 Å². The van der Waals surface area contributed by atoms with Gasteiger partial charge in [-0.15, -0.1) is 11.8 Å². The minimum Gasteiger partial charge on any atom is -0.507 e. The molecule has 0 spiro atoms. The average Bonchev–Trinajstić information content (AvgIpc) is 2.59. The number of carbonyl (C=O) groups is 1. The molecular formula is C20H21FO4S. The Labute approximate surface area is 156 Å². The zero-order valence-corrected chi connectivity index (χ0v) is 15.7. The fourth-order valence-electron chi connectivity index (χ4n) is 2.47. The molecule has 2 rings (SSSR count). The number of halogens is 1. The highest BCUT2D eigenvalue weighted by molar-refractivity contribution is 7.98. The third-order valence-corrected chi connectivity index (χ3v) is 4.86. The number of rotatable bonds is 7. The third kappa shape index (κ3) is 4.79. The first kappa shape index (κ1) is 19.8. The van der Waals surface area contributed by atoms with Gasteiger partial charge in [0.15, 0.2) is 0 Å². The highest BCUT2D eigenvalue weighted by Gasteiger charge is 2.22. The molecule has 26 heavy (non-hydrogen) atoms. The van der Waals surface area contributed by atoms with E-state index < -0.39 is 5.97 Å². The van der Waals surface area contributed by atoms with Gasteiger partial charge < -0.3 is 14.9 Å². The van der Waals surface area contributed by atoms with E-state index in [2.05, 4.69) is 0 Å². The van der Waals surface area contributed by atoms with Crippen molar-refractivity contribution in [3.8, 4) is 11.5 Å². The van der Waals surface area contributed by atoms with Gasteiger partial charge in [0.05, 0.1) is 7.11 Å². The van der Waals surface area contributed by atoms with Crippen LogP contribution >= 0.6 is 11.8 Å². The smallest absolute Gasteiger partial charge is 0.339 e. The number of phenols is 1. The van der Waals surface area contributed by atoms with E-state index in [9.17, 15) is 19.4 Å². The summed E-state index contributed by atoms with van der Waals surface area (Å²) in [6.07, 6.45) is 2.28. The Morgan fingerprint density at radius 3 is 2.46 bits per heavy atom. The quantitative estimate of drug-likeness (QED) is 0.523. The van der Waals surface area contributed by atoms with Crippen molar-refractivity contribution in [3.63, 3.8) is 0 Å². The fraction of sp³-hybridized carbons (Fsp3) is 0.250. The van der Waals surface area contributed by atoms with E-state index in [-0.39, 0.29) is 17.1 Å². The number of thioether (sulfide) groups is 1. The minimum atomic E-state index is -1.20. The van der Waals surface area contributed by atoms with Crippen molar-refractivity contribution in [1.82, 2.24) is 0 Å². The van der Waals surface area contributed by atoms with E-state index >= 15 is 0 Å². The Balaban J connectivity index is 2.41. The summed E-state index contributed by atoms with van der Waals surface area (Å²) in [4.78, 5) is 12.5.